The van der Waals surface area contributed by atoms with E-state index >= 15 is 0 Å². The number of benzene rings is 2. The first-order chi connectivity index (χ1) is 8.66. The van der Waals surface area contributed by atoms with Crippen LogP contribution in [0.4, 0.5) is 5.69 Å². The third-order valence-corrected chi connectivity index (χ3v) is 3.14. The van der Waals surface area contributed by atoms with E-state index < -0.39 is 4.92 Å². The van der Waals surface area contributed by atoms with Crippen LogP contribution in [0.1, 0.15) is 0 Å². The van der Waals surface area contributed by atoms with Crippen molar-refractivity contribution in [2.75, 3.05) is 0 Å². The van der Waals surface area contributed by atoms with Gasteiger partial charge in [-0.15, -0.1) is 0 Å². The largest absolute Gasteiger partial charge is 0.270 e. The van der Waals surface area contributed by atoms with Crippen LogP contribution in [-0.4, -0.2) is 9.91 Å². The van der Waals surface area contributed by atoms with Crippen LogP contribution >= 0.6 is 11.6 Å². The molecule has 2 aromatic carbocycles. The normalized spacial score (nSPS) is 10.9. The van der Waals surface area contributed by atoms with Crippen molar-refractivity contribution in [3.8, 4) is 0 Å². The molecule has 18 heavy (non-hydrogen) atoms. The van der Waals surface area contributed by atoms with Crippen LogP contribution in [0.5, 0.6) is 0 Å². The zero-order valence-electron chi connectivity index (χ0n) is 9.13. The Balaban J connectivity index is 2.50. The summed E-state index contributed by atoms with van der Waals surface area (Å²) in [4.78, 5) is 14.6. The number of non-ortho nitro benzene ring substituents is 1. The maximum atomic E-state index is 10.8. The lowest BCUT2D eigenvalue weighted by molar-refractivity contribution is -0.384. The lowest BCUT2D eigenvalue weighted by Gasteiger charge is -2.04. The predicted octanol–water partition coefficient (Wildman–Crippen LogP) is 3.95. The molecule has 1 heterocycles. The minimum atomic E-state index is -0.414. The van der Waals surface area contributed by atoms with Crippen LogP contribution in [0.15, 0.2) is 42.5 Å². The first-order valence-corrected chi connectivity index (χ1v) is 5.67. The highest BCUT2D eigenvalue weighted by molar-refractivity contribution is 6.35. The smallest absolute Gasteiger partial charge is 0.258 e. The van der Waals surface area contributed by atoms with Gasteiger partial charge in [0.1, 0.15) is 5.15 Å². The van der Waals surface area contributed by atoms with E-state index in [1.165, 1.54) is 12.1 Å². The van der Waals surface area contributed by atoms with E-state index in [9.17, 15) is 10.1 Å². The number of hydrogen-bond donors (Lipinski definition) is 0. The Kier molecular flexibility index (Phi) is 2.38. The van der Waals surface area contributed by atoms with Crippen molar-refractivity contribution >= 4 is 39.0 Å². The summed E-state index contributed by atoms with van der Waals surface area (Å²) in [6, 6.07) is 12.0. The fourth-order valence-electron chi connectivity index (χ4n) is 2.01. The topological polar surface area (TPSA) is 56.0 Å². The lowest BCUT2D eigenvalue weighted by Crippen LogP contribution is -1.89. The number of nitro groups is 1. The molecule has 0 bridgehead atoms. The molecule has 0 aliphatic rings. The molecular formula is C13H7ClN2O2. The molecule has 4 nitrogen and oxygen atoms in total. The van der Waals surface area contributed by atoms with Gasteiger partial charge in [-0.1, -0.05) is 35.9 Å². The second-order valence-corrected chi connectivity index (χ2v) is 4.26. The van der Waals surface area contributed by atoms with Crippen LogP contribution in [0.3, 0.4) is 0 Å². The van der Waals surface area contributed by atoms with Gasteiger partial charge in [0, 0.05) is 22.9 Å². The number of aromatic nitrogens is 1. The molecular weight excluding hydrogens is 252 g/mol. The third-order valence-electron chi connectivity index (χ3n) is 2.85. The zero-order valence-corrected chi connectivity index (χ0v) is 9.89. The van der Waals surface area contributed by atoms with Crippen LogP contribution in [0, 0.1) is 10.1 Å². The van der Waals surface area contributed by atoms with E-state index in [0.717, 1.165) is 16.2 Å². The molecule has 0 aliphatic heterocycles. The van der Waals surface area contributed by atoms with Gasteiger partial charge in [-0.05, 0) is 11.5 Å². The van der Waals surface area contributed by atoms with Gasteiger partial charge in [0.2, 0.25) is 0 Å². The van der Waals surface area contributed by atoms with Gasteiger partial charge >= 0.3 is 0 Å². The Bertz CT molecular complexity index is 786. The number of hydrogen-bond acceptors (Lipinski definition) is 3. The molecule has 0 N–H and O–H groups in total. The Morgan fingerprint density at radius 2 is 1.78 bits per heavy atom. The fourth-order valence-corrected chi connectivity index (χ4v) is 2.27. The molecule has 0 radical (unpaired) electrons. The van der Waals surface area contributed by atoms with Crippen molar-refractivity contribution in [3.05, 3.63) is 57.7 Å². The standard InChI is InChI=1S/C13H7ClN2O2/c14-13-10-4-2-1-3-9(10)11-7-8(16(17)18)5-6-12(11)15-13/h1-7H. The average molecular weight is 259 g/mol. The molecule has 3 rings (SSSR count). The Morgan fingerprint density at radius 1 is 1.06 bits per heavy atom. The predicted molar refractivity (Wildman–Crippen MR) is 70.9 cm³/mol. The van der Waals surface area contributed by atoms with E-state index in [-0.39, 0.29) is 5.69 Å². The van der Waals surface area contributed by atoms with E-state index in [1.54, 1.807) is 6.07 Å². The maximum Gasteiger partial charge on any atom is 0.270 e. The van der Waals surface area contributed by atoms with Crippen LogP contribution in [-0.2, 0) is 0 Å². The molecule has 1 aromatic heterocycles. The summed E-state index contributed by atoms with van der Waals surface area (Å²) in [6.45, 7) is 0. The molecule has 0 fully saturated rings. The second kappa shape index (κ2) is 3.92. The number of nitrogens with zero attached hydrogens (tertiary/aromatic N) is 2. The highest BCUT2D eigenvalue weighted by atomic mass is 35.5. The summed E-state index contributed by atoms with van der Waals surface area (Å²) < 4.78 is 0. The summed E-state index contributed by atoms with van der Waals surface area (Å²) in [7, 11) is 0. The summed E-state index contributed by atoms with van der Waals surface area (Å²) in [5.41, 5.74) is 0.709. The first-order valence-electron chi connectivity index (χ1n) is 5.29. The molecule has 3 aromatic rings. The van der Waals surface area contributed by atoms with Crippen molar-refractivity contribution in [2.24, 2.45) is 0 Å². The monoisotopic (exact) mass is 258 g/mol. The van der Waals surface area contributed by atoms with Crippen molar-refractivity contribution in [1.82, 2.24) is 4.98 Å². The summed E-state index contributed by atoms with van der Waals surface area (Å²) in [5, 5.41) is 13.6. The van der Waals surface area contributed by atoms with Gasteiger partial charge in [-0.25, -0.2) is 4.98 Å². The molecule has 0 saturated carbocycles. The van der Waals surface area contributed by atoms with Crippen molar-refractivity contribution in [3.63, 3.8) is 0 Å². The van der Waals surface area contributed by atoms with Crippen LogP contribution in [0.2, 0.25) is 5.15 Å². The van der Waals surface area contributed by atoms with Gasteiger partial charge < -0.3 is 0 Å². The highest BCUT2D eigenvalue weighted by Gasteiger charge is 2.11. The lowest BCUT2D eigenvalue weighted by atomic mass is 10.1. The molecule has 0 saturated heterocycles. The molecule has 0 amide bonds. The molecule has 5 heteroatoms. The highest BCUT2D eigenvalue weighted by Crippen LogP contribution is 2.30. The van der Waals surface area contributed by atoms with Crippen molar-refractivity contribution in [1.29, 1.82) is 0 Å². The van der Waals surface area contributed by atoms with E-state index in [4.69, 9.17) is 11.6 Å². The quantitative estimate of drug-likeness (QED) is 0.287. The minimum absolute atomic E-state index is 0.0526. The molecule has 0 unspecified atom stereocenters. The summed E-state index contributed by atoms with van der Waals surface area (Å²) >= 11 is 6.09. The fraction of sp³-hybridized carbons (Fsp3) is 0. The van der Waals surface area contributed by atoms with Crippen LogP contribution in [0.25, 0.3) is 21.7 Å². The summed E-state index contributed by atoms with van der Waals surface area (Å²) in [5.74, 6) is 0. The van der Waals surface area contributed by atoms with E-state index in [1.807, 2.05) is 24.3 Å². The van der Waals surface area contributed by atoms with Gasteiger partial charge in [0.05, 0.1) is 10.4 Å². The Morgan fingerprint density at radius 3 is 2.50 bits per heavy atom. The van der Waals surface area contributed by atoms with Crippen molar-refractivity contribution < 1.29 is 4.92 Å². The minimum Gasteiger partial charge on any atom is -0.258 e. The second-order valence-electron chi connectivity index (χ2n) is 3.91. The number of fused-ring (bicyclic) bond motifs is 3. The third kappa shape index (κ3) is 1.58. The molecule has 0 atom stereocenters. The molecule has 0 spiro atoms. The number of nitro benzene ring substituents is 1. The SMILES string of the molecule is O=[N+]([O-])c1ccc2nc(Cl)c3ccccc3c2c1. The van der Waals surface area contributed by atoms with Crippen molar-refractivity contribution in [2.45, 2.75) is 0 Å². The van der Waals surface area contributed by atoms with Gasteiger partial charge in [-0.2, -0.15) is 0 Å². The molecule has 0 aliphatic carbocycles. The number of halogens is 1. The van der Waals surface area contributed by atoms with Gasteiger partial charge in [0.25, 0.3) is 5.69 Å². The van der Waals surface area contributed by atoms with Gasteiger partial charge in [-0.3, -0.25) is 10.1 Å². The number of pyridine rings is 1. The van der Waals surface area contributed by atoms with Gasteiger partial charge in [0.15, 0.2) is 0 Å². The Hall–Kier alpha value is -2.20. The molecule has 88 valence electrons. The Labute approximate surface area is 107 Å². The van der Waals surface area contributed by atoms with Crippen LogP contribution < -0.4 is 0 Å². The summed E-state index contributed by atoms with van der Waals surface area (Å²) in [6.07, 6.45) is 0. The maximum absolute atomic E-state index is 10.8. The van der Waals surface area contributed by atoms with E-state index in [2.05, 4.69) is 4.98 Å². The number of rotatable bonds is 1. The first kappa shape index (κ1) is 10.9. The van der Waals surface area contributed by atoms with E-state index in [0.29, 0.717) is 10.7 Å². The zero-order chi connectivity index (χ0) is 12.7. The average Bonchev–Trinajstić information content (AvgIpc) is 2.38.